The van der Waals surface area contributed by atoms with Gasteiger partial charge in [0.25, 0.3) is 0 Å². The average Bonchev–Trinajstić information content (AvgIpc) is 2.52. The minimum Gasteiger partial charge on any atom is -0.264 e. The lowest BCUT2D eigenvalue weighted by atomic mass is 9.86. The van der Waals surface area contributed by atoms with E-state index >= 15 is 0 Å². The molecule has 25 heavy (non-hydrogen) atoms. The quantitative estimate of drug-likeness (QED) is 0.651. The first-order chi connectivity index (χ1) is 11.3. The van der Waals surface area contributed by atoms with Crippen LogP contribution >= 0.6 is 0 Å². The highest BCUT2D eigenvalue weighted by Crippen LogP contribution is 2.58. The number of nitrogens with zero attached hydrogens (tertiary/aromatic N) is 1. The van der Waals surface area contributed by atoms with Crippen LogP contribution in [-0.4, -0.2) is 23.3 Å². The van der Waals surface area contributed by atoms with Crippen LogP contribution in [0, 0.1) is 6.07 Å². The van der Waals surface area contributed by atoms with Crippen LogP contribution in [0.25, 0.3) is 11.1 Å². The van der Waals surface area contributed by atoms with Crippen LogP contribution in [0.2, 0.25) is 0 Å². The Morgan fingerprint density at radius 2 is 1.48 bits per heavy atom. The number of pyridine rings is 1. The Bertz CT molecular complexity index is 737. The summed E-state index contributed by atoms with van der Waals surface area (Å²) in [4.78, 5) is 3.63. The van der Waals surface area contributed by atoms with Gasteiger partial charge in [-0.3, -0.25) is 4.98 Å². The maximum absolute atomic E-state index is 14.4. The molecule has 1 aromatic carbocycles. The molecule has 1 nitrogen and oxygen atoms in total. The molecular weight excluding hydrogens is 365 g/mol. The number of halogens is 9. The van der Waals surface area contributed by atoms with E-state index in [-0.39, 0.29) is 23.3 Å². The van der Waals surface area contributed by atoms with Crippen molar-refractivity contribution in [3.63, 3.8) is 0 Å². The highest BCUT2D eigenvalue weighted by atomic mass is 19.4. The smallest absolute Gasteiger partial charge is 0.264 e. The summed E-state index contributed by atoms with van der Waals surface area (Å²) in [5.74, 6) is -6.70. The fraction of sp³-hybridized carbons (Fsp3) is 0.267. The Hall–Kier alpha value is -2.26. The van der Waals surface area contributed by atoms with Gasteiger partial charge in [-0.15, -0.1) is 0 Å². The Morgan fingerprint density at radius 1 is 0.840 bits per heavy atom. The predicted molar refractivity (Wildman–Crippen MR) is 68.4 cm³/mol. The van der Waals surface area contributed by atoms with Crippen molar-refractivity contribution in [3.8, 4) is 11.1 Å². The molecule has 2 rings (SSSR count). The normalized spacial score (nSPS) is 15.7. The lowest BCUT2D eigenvalue weighted by Crippen LogP contribution is -2.59. The van der Waals surface area contributed by atoms with Crippen molar-refractivity contribution in [2.75, 3.05) is 0 Å². The fourth-order valence-corrected chi connectivity index (χ4v) is 2.09. The van der Waals surface area contributed by atoms with Gasteiger partial charge in [-0.2, -0.15) is 35.1 Å². The van der Waals surface area contributed by atoms with E-state index in [4.69, 9.17) is 0 Å². The molecule has 0 aliphatic rings. The van der Waals surface area contributed by atoms with E-state index in [1.165, 1.54) is 18.3 Å². The SMILES string of the molecule is FC(F)(F)C(F)(F)C(F)(c1cc[c]c(-c2cccnc2)c1)C(F)(F)F. The Labute approximate surface area is 135 Å². The second kappa shape index (κ2) is 5.92. The molecule has 0 N–H and O–H groups in total. The molecule has 0 saturated carbocycles. The molecule has 2 aromatic rings. The Morgan fingerprint density at radius 3 is 1.96 bits per heavy atom. The molecule has 1 aromatic heterocycles. The number of hydrogen-bond donors (Lipinski definition) is 0. The lowest BCUT2D eigenvalue weighted by Gasteiger charge is -2.36. The van der Waals surface area contributed by atoms with Gasteiger partial charge in [0.15, 0.2) is 0 Å². The van der Waals surface area contributed by atoms with Gasteiger partial charge in [0.05, 0.1) is 0 Å². The van der Waals surface area contributed by atoms with E-state index in [0.29, 0.717) is 6.07 Å². The molecule has 0 spiro atoms. The zero-order chi connectivity index (χ0) is 19.1. The van der Waals surface area contributed by atoms with E-state index in [1.807, 2.05) is 0 Å². The Balaban J connectivity index is 2.70. The highest BCUT2D eigenvalue weighted by molar-refractivity contribution is 5.63. The van der Waals surface area contributed by atoms with Gasteiger partial charge in [-0.05, 0) is 23.8 Å². The van der Waals surface area contributed by atoms with Gasteiger partial charge in [0, 0.05) is 23.5 Å². The second-order valence-electron chi connectivity index (χ2n) is 4.96. The standard InChI is InChI=1S/C15H7F9N/c16-12(14(19,20)21,13(17,18)15(22,23)24)11-5-1-3-9(7-11)10-4-2-6-25-8-10/h1-2,4-8H. The van der Waals surface area contributed by atoms with Crippen molar-refractivity contribution in [1.82, 2.24) is 4.98 Å². The van der Waals surface area contributed by atoms with Crippen molar-refractivity contribution in [1.29, 1.82) is 0 Å². The van der Waals surface area contributed by atoms with Gasteiger partial charge in [-0.25, -0.2) is 4.39 Å². The largest absolute Gasteiger partial charge is 0.457 e. The molecule has 0 aliphatic carbocycles. The Kier molecular flexibility index (Phi) is 4.52. The van der Waals surface area contributed by atoms with Crippen LogP contribution in [-0.2, 0) is 5.67 Å². The van der Waals surface area contributed by atoms with E-state index < -0.39 is 29.5 Å². The third-order valence-corrected chi connectivity index (χ3v) is 3.35. The number of benzene rings is 1. The van der Waals surface area contributed by atoms with Crippen LogP contribution in [0.3, 0.4) is 0 Å². The molecule has 1 heterocycles. The minimum atomic E-state index is -6.76. The molecule has 1 atom stereocenters. The predicted octanol–water partition coefficient (Wildman–Crippen LogP) is 5.47. The van der Waals surface area contributed by atoms with Crippen LogP contribution in [0.15, 0.2) is 42.7 Å². The molecule has 0 aliphatic heterocycles. The van der Waals surface area contributed by atoms with E-state index in [1.54, 1.807) is 0 Å². The summed E-state index contributed by atoms with van der Waals surface area (Å²) in [5, 5.41) is 0. The molecule has 0 amide bonds. The maximum atomic E-state index is 14.4. The van der Waals surface area contributed by atoms with Crippen LogP contribution in [0.5, 0.6) is 0 Å². The maximum Gasteiger partial charge on any atom is 0.457 e. The average molecular weight is 372 g/mol. The van der Waals surface area contributed by atoms with E-state index in [9.17, 15) is 39.5 Å². The van der Waals surface area contributed by atoms with Crippen molar-refractivity contribution >= 4 is 0 Å². The second-order valence-corrected chi connectivity index (χ2v) is 4.96. The minimum absolute atomic E-state index is 0.0594. The number of aromatic nitrogens is 1. The zero-order valence-corrected chi connectivity index (χ0v) is 11.9. The lowest BCUT2D eigenvalue weighted by molar-refractivity contribution is -0.389. The summed E-state index contributed by atoms with van der Waals surface area (Å²) in [6.07, 6.45) is -10.9. The van der Waals surface area contributed by atoms with Crippen molar-refractivity contribution < 1.29 is 39.5 Å². The van der Waals surface area contributed by atoms with Crippen molar-refractivity contribution in [2.24, 2.45) is 0 Å². The molecular formula is C15H7F9N. The topological polar surface area (TPSA) is 12.9 Å². The third-order valence-electron chi connectivity index (χ3n) is 3.35. The summed E-state index contributed by atoms with van der Waals surface area (Å²) in [7, 11) is 0. The molecule has 0 bridgehead atoms. The summed E-state index contributed by atoms with van der Waals surface area (Å²) >= 11 is 0. The van der Waals surface area contributed by atoms with Gasteiger partial charge < -0.3 is 0 Å². The van der Waals surface area contributed by atoms with E-state index in [2.05, 4.69) is 11.1 Å². The summed E-state index contributed by atoms with van der Waals surface area (Å²) in [6, 6.07) is 6.01. The monoisotopic (exact) mass is 372 g/mol. The summed E-state index contributed by atoms with van der Waals surface area (Å²) in [5.41, 5.74) is -8.12. The fourth-order valence-electron chi connectivity index (χ4n) is 2.09. The van der Waals surface area contributed by atoms with Gasteiger partial charge in [-0.1, -0.05) is 18.2 Å². The zero-order valence-electron chi connectivity index (χ0n) is 11.9. The summed E-state index contributed by atoms with van der Waals surface area (Å²) in [6.45, 7) is 0. The molecule has 135 valence electrons. The molecule has 1 unspecified atom stereocenters. The first kappa shape index (κ1) is 19.1. The first-order valence-corrected chi connectivity index (χ1v) is 6.45. The number of hydrogen-bond acceptors (Lipinski definition) is 1. The molecule has 10 heteroatoms. The highest BCUT2D eigenvalue weighted by Gasteiger charge is 2.81. The van der Waals surface area contributed by atoms with Crippen LogP contribution in [0.4, 0.5) is 39.5 Å². The molecule has 0 saturated heterocycles. The number of alkyl halides is 9. The van der Waals surface area contributed by atoms with Crippen molar-refractivity contribution in [2.45, 2.75) is 23.9 Å². The number of rotatable bonds is 3. The van der Waals surface area contributed by atoms with Crippen LogP contribution in [0.1, 0.15) is 5.56 Å². The van der Waals surface area contributed by atoms with Gasteiger partial charge in [0.1, 0.15) is 0 Å². The van der Waals surface area contributed by atoms with Gasteiger partial charge >= 0.3 is 23.9 Å². The van der Waals surface area contributed by atoms with Crippen molar-refractivity contribution in [3.05, 3.63) is 54.4 Å². The van der Waals surface area contributed by atoms with Crippen LogP contribution < -0.4 is 0 Å². The molecule has 1 radical (unpaired) electrons. The summed E-state index contributed by atoms with van der Waals surface area (Å²) < 4.78 is 118. The van der Waals surface area contributed by atoms with E-state index in [0.717, 1.165) is 6.20 Å². The first-order valence-electron chi connectivity index (χ1n) is 6.45. The van der Waals surface area contributed by atoms with Gasteiger partial charge in [0.2, 0.25) is 0 Å². The molecule has 0 fully saturated rings. The third kappa shape index (κ3) is 3.05.